The molecule has 1 aromatic heterocycles. The van der Waals surface area contributed by atoms with E-state index in [1.807, 2.05) is 0 Å². The van der Waals surface area contributed by atoms with Gasteiger partial charge in [-0.25, -0.2) is 13.2 Å². The Hall–Kier alpha value is -2.78. The van der Waals surface area contributed by atoms with Gasteiger partial charge in [0, 0.05) is 30.7 Å². The van der Waals surface area contributed by atoms with Gasteiger partial charge in [0.1, 0.15) is 0 Å². The summed E-state index contributed by atoms with van der Waals surface area (Å²) in [4.78, 5) is 28.4. The lowest BCUT2D eigenvalue weighted by molar-refractivity contribution is -0.119. The molecule has 2 aromatic rings. The lowest BCUT2D eigenvalue weighted by atomic mass is 10.2. The van der Waals surface area contributed by atoms with Crippen molar-refractivity contribution in [3.8, 4) is 0 Å². The Bertz CT molecular complexity index is 1030. The first-order chi connectivity index (χ1) is 14.3. The molecule has 8 nitrogen and oxygen atoms in total. The molecular weight excluding hydrogens is 406 g/mol. The van der Waals surface area contributed by atoms with Crippen LogP contribution in [-0.4, -0.2) is 49.3 Å². The van der Waals surface area contributed by atoms with E-state index >= 15 is 0 Å². The Kier molecular flexibility index (Phi) is 6.84. The van der Waals surface area contributed by atoms with Gasteiger partial charge in [0.15, 0.2) is 6.61 Å². The molecule has 3 rings (SSSR count). The highest BCUT2D eigenvalue weighted by atomic mass is 32.2. The van der Waals surface area contributed by atoms with Gasteiger partial charge in [-0.15, -0.1) is 0 Å². The van der Waals surface area contributed by atoms with Crippen LogP contribution in [-0.2, 0) is 19.6 Å². The van der Waals surface area contributed by atoms with Crippen LogP contribution in [0.5, 0.6) is 0 Å². The third kappa shape index (κ3) is 5.22. The number of hydrogen-bond acceptors (Lipinski definition) is 6. The van der Waals surface area contributed by atoms with E-state index in [0.717, 1.165) is 25.0 Å². The van der Waals surface area contributed by atoms with Crippen LogP contribution >= 0.6 is 0 Å². The number of pyridine rings is 1. The van der Waals surface area contributed by atoms with Crippen molar-refractivity contribution in [2.75, 3.05) is 25.0 Å². The number of benzene rings is 1. The fourth-order valence-corrected chi connectivity index (χ4v) is 4.68. The lowest BCUT2D eigenvalue weighted by Crippen LogP contribution is -2.35. The van der Waals surface area contributed by atoms with Crippen LogP contribution < -0.4 is 5.32 Å². The van der Waals surface area contributed by atoms with E-state index in [4.69, 9.17) is 4.74 Å². The molecule has 1 amide bonds. The van der Waals surface area contributed by atoms with Crippen molar-refractivity contribution in [2.24, 2.45) is 0 Å². The van der Waals surface area contributed by atoms with E-state index in [-0.39, 0.29) is 10.5 Å². The highest BCUT2D eigenvalue weighted by Gasteiger charge is 2.26. The number of esters is 1. The van der Waals surface area contributed by atoms with Gasteiger partial charge in [0.05, 0.1) is 10.5 Å². The van der Waals surface area contributed by atoms with Crippen LogP contribution in [0.3, 0.4) is 0 Å². The van der Waals surface area contributed by atoms with Gasteiger partial charge in [-0.05, 0) is 56.5 Å². The first kappa shape index (κ1) is 21.9. The van der Waals surface area contributed by atoms with Crippen molar-refractivity contribution >= 4 is 27.6 Å². The molecule has 9 heteroatoms. The zero-order chi connectivity index (χ0) is 21.7. The molecule has 1 N–H and O–H groups in total. The van der Waals surface area contributed by atoms with Crippen molar-refractivity contribution in [3.05, 3.63) is 53.3 Å². The maximum Gasteiger partial charge on any atom is 0.340 e. The fraction of sp³-hybridized carbons (Fsp3) is 0.381. The molecule has 0 aliphatic carbocycles. The largest absolute Gasteiger partial charge is 0.452 e. The van der Waals surface area contributed by atoms with Crippen LogP contribution in [0.15, 0.2) is 41.4 Å². The fourth-order valence-electron chi connectivity index (χ4n) is 3.14. The minimum atomic E-state index is -3.61. The molecule has 1 aliphatic rings. The molecule has 0 bridgehead atoms. The molecule has 160 valence electrons. The van der Waals surface area contributed by atoms with Crippen molar-refractivity contribution in [1.82, 2.24) is 9.29 Å². The number of carbonyl (C=O) groups excluding carboxylic acids is 2. The number of anilines is 1. The number of aromatic nitrogens is 1. The summed E-state index contributed by atoms with van der Waals surface area (Å²) in [5.74, 6) is -1.21. The number of amides is 1. The Morgan fingerprint density at radius 1 is 1.10 bits per heavy atom. The number of carbonyl (C=O) groups is 2. The van der Waals surface area contributed by atoms with Gasteiger partial charge in [-0.1, -0.05) is 12.5 Å². The van der Waals surface area contributed by atoms with Crippen molar-refractivity contribution in [1.29, 1.82) is 0 Å². The Morgan fingerprint density at radius 2 is 1.83 bits per heavy atom. The number of nitrogens with one attached hydrogen (secondary N) is 1. The number of ether oxygens (including phenoxy) is 1. The molecular formula is C21H25N3O5S. The second-order valence-corrected chi connectivity index (χ2v) is 9.19. The van der Waals surface area contributed by atoms with E-state index in [2.05, 4.69) is 10.3 Å². The van der Waals surface area contributed by atoms with E-state index in [1.54, 1.807) is 38.1 Å². The van der Waals surface area contributed by atoms with Gasteiger partial charge in [-0.2, -0.15) is 4.31 Å². The van der Waals surface area contributed by atoms with Gasteiger partial charge < -0.3 is 10.1 Å². The van der Waals surface area contributed by atoms with Crippen molar-refractivity contribution in [2.45, 2.75) is 38.0 Å². The molecule has 1 saturated heterocycles. The smallest absolute Gasteiger partial charge is 0.340 e. The molecule has 1 aromatic carbocycles. The first-order valence-corrected chi connectivity index (χ1v) is 11.2. The molecule has 0 atom stereocenters. The molecule has 30 heavy (non-hydrogen) atoms. The summed E-state index contributed by atoms with van der Waals surface area (Å²) in [5.41, 5.74) is 2.08. The van der Waals surface area contributed by atoms with Crippen LogP contribution in [0, 0.1) is 13.8 Å². The predicted octanol–water partition coefficient (Wildman–Crippen LogP) is 2.67. The Balaban J connectivity index is 1.65. The normalized spacial score (nSPS) is 14.9. The lowest BCUT2D eigenvalue weighted by Gasteiger charge is -2.26. The number of aryl methyl sites for hydroxylation is 2. The third-order valence-corrected chi connectivity index (χ3v) is 6.81. The molecule has 0 radical (unpaired) electrons. The van der Waals surface area contributed by atoms with Crippen LogP contribution in [0.1, 0.15) is 40.9 Å². The molecule has 0 spiro atoms. The number of sulfonamides is 1. The molecule has 0 saturated carbocycles. The number of rotatable bonds is 6. The summed E-state index contributed by atoms with van der Waals surface area (Å²) in [6.07, 6.45) is 4.10. The second kappa shape index (κ2) is 9.36. The minimum absolute atomic E-state index is 0.132. The van der Waals surface area contributed by atoms with Gasteiger partial charge in [0.25, 0.3) is 5.91 Å². The number of piperidine rings is 1. The molecule has 0 unspecified atom stereocenters. The zero-order valence-corrected chi connectivity index (χ0v) is 17.9. The number of nitrogens with zero attached hydrogens (tertiary/aromatic N) is 2. The molecule has 1 fully saturated rings. The summed E-state index contributed by atoms with van der Waals surface area (Å²) in [6.45, 7) is 4.07. The maximum absolute atomic E-state index is 12.9. The average Bonchev–Trinajstić information content (AvgIpc) is 2.74. The zero-order valence-electron chi connectivity index (χ0n) is 17.1. The summed E-state index contributed by atoms with van der Waals surface area (Å²) >= 11 is 0. The highest BCUT2D eigenvalue weighted by Crippen LogP contribution is 2.25. The van der Waals surface area contributed by atoms with E-state index in [9.17, 15) is 18.0 Å². The summed E-state index contributed by atoms with van der Waals surface area (Å²) in [5, 5.41) is 2.63. The summed E-state index contributed by atoms with van der Waals surface area (Å²) in [6, 6.07) is 7.88. The average molecular weight is 432 g/mol. The molecule has 2 heterocycles. The first-order valence-electron chi connectivity index (χ1n) is 9.78. The van der Waals surface area contributed by atoms with Crippen molar-refractivity contribution < 1.29 is 22.7 Å². The van der Waals surface area contributed by atoms with E-state index < -0.39 is 28.5 Å². The summed E-state index contributed by atoms with van der Waals surface area (Å²) in [7, 11) is -3.61. The molecule has 1 aliphatic heterocycles. The Morgan fingerprint density at radius 3 is 2.50 bits per heavy atom. The highest BCUT2D eigenvalue weighted by molar-refractivity contribution is 7.89. The van der Waals surface area contributed by atoms with Crippen LogP contribution in [0.4, 0.5) is 5.69 Å². The number of hydrogen-bond donors (Lipinski definition) is 1. The Labute approximate surface area is 176 Å². The predicted molar refractivity (Wildman–Crippen MR) is 112 cm³/mol. The quantitative estimate of drug-likeness (QED) is 0.705. The third-order valence-electron chi connectivity index (χ3n) is 4.92. The van der Waals surface area contributed by atoms with Crippen LogP contribution in [0.25, 0.3) is 0 Å². The van der Waals surface area contributed by atoms with Crippen molar-refractivity contribution in [3.63, 3.8) is 0 Å². The monoisotopic (exact) mass is 431 g/mol. The SMILES string of the molecule is Cc1ccc(C(=O)OCC(=O)Nc2cc(S(=O)(=O)N3CCCCC3)ccc2C)cn1. The van der Waals surface area contributed by atoms with E-state index in [0.29, 0.717) is 24.3 Å². The van der Waals surface area contributed by atoms with Crippen LogP contribution in [0.2, 0.25) is 0 Å². The van der Waals surface area contributed by atoms with Gasteiger partial charge >= 0.3 is 5.97 Å². The van der Waals surface area contributed by atoms with E-state index in [1.165, 1.54) is 16.6 Å². The summed E-state index contributed by atoms with van der Waals surface area (Å²) < 4.78 is 32.2. The second-order valence-electron chi connectivity index (χ2n) is 7.25. The van der Waals surface area contributed by atoms with Gasteiger partial charge in [-0.3, -0.25) is 9.78 Å². The minimum Gasteiger partial charge on any atom is -0.452 e. The van der Waals surface area contributed by atoms with Gasteiger partial charge in [0.2, 0.25) is 10.0 Å². The topological polar surface area (TPSA) is 106 Å². The standard InChI is InChI=1S/C21H25N3O5S/c1-15-6-9-18(30(27,28)24-10-4-3-5-11-24)12-19(15)23-20(25)14-29-21(26)17-8-7-16(2)22-13-17/h6-9,12-13H,3-5,10-11,14H2,1-2H3,(H,23,25). The maximum atomic E-state index is 12.9.